The molecule has 0 aliphatic carbocycles. The zero-order valence-corrected chi connectivity index (χ0v) is 16.7. The van der Waals surface area contributed by atoms with Crippen LogP contribution >= 0.6 is 11.8 Å². The maximum atomic E-state index is 12.9. The van der Waals surface area contributed by atoms with E-state index in [1.807, 2.05) is 18.3 Å². The van der Waals surface area contributed by atoms with Gasteiger partial charge in [0, 0.05) is 41.0 Å². The molecule has 2 aromatic heterocycles. The van der Waals surface area contributed by atoms with Crippen molar-refractivity contribution in [2.24, 2.45) is 0 Å². The highest BCUT2D eigenvalue weighted by Gasteiger charge is 2.27. The number of amides is 1. The quantitative estimate of drug-likeness (QED) is 0.606. The molecule has 1 atom stereocenters. The van der Waals surface area contributed by atoms with E-state index in [-0.39, 0.29) is 22.3 Å². The van der Waals surface area contributed by atoms with Gasteiger partial charge in [-0.3, -0.25) is 9.59 Å². The number of hydrogen-bond acceptors (Lipinski definition) is 3. The number of carbonyl (C=O) groups is 1. The molecule has 0 saturated heterocycles. The van der Waals surface area contributed by atoms with Gasteiger partial charge in [-0.05, 0) is 34.6 Å². The SMILES string of the molecule is CC1CSc2c1[nH]cc(C(=O)Nc1cc3[nH]ccc3cc1C(C)(C)C)c2=O. The first kappa shape index (κ1) is 17.9. The molecule has 6 heteroatoms. The van der Waals surface area contributed by atoms with Gasteiger partial charge in [0.05, 0.1) is 4.90 Å². The average molecular weight is 382 g/mol. The van der Waals surface area contributed by atoms with Crippen molar-refractivity contribution in [3.63, 3.8) is 0 Å². The largest absolute Gasteiger partial charge is 0.363 e. The molecule has 0 saturated carbocycles. The fourth-order valence-electron chi connectivity index (χ4n) is 3.51. The maximum absolute atomic E-state index is 12.9. The zero-order valence-electron chi connectivity index (χ0n) is 15.9. The Morgan fingerprint density at radius 1 is 1.26 bits per heavy atom. The monoisotopic (exact) mass is 381 g/mol. The van der Waals surface area contributed by atoms with Gasteiger partial charge in [0.15, 0.2) is 0 Å². The molecule has 0 spiro atoms. The summed E-state index contributed by atoms with van der Waals surface area (Å²) in [6.07, 6.45) is 3.43. The van der Waals surface area contributed by atoms with Gasteiger partial charge in [-0.2, -0.15) is 0 Å². The molecule has 140 valence electrons. The lowest BCUT2D eigenvalue weighted by atomic mass is 9.85. The van der Waals surface area contributed by atoms with E-state index in [9.17, 15) is 9.59 Å². The highest BCUT2D eigenvalue weighted by Crippen LogP contribution is 2.36. The van der Waals surface area contributed by atoms with Crippen molar-refractivity contribution in [3.8, 4) is 0 Å². The predicted octanol–water partition coefficient (Wildman–Crippen LogP) is 4.62. The molecular formula is C21H23N3O2S. The molecule has 27 heavy (non-hydrogen) atoms. The van der Waals surface area contributed by atoms with E-state index < -0.39 is 0 Å². The first-order chi connectivity index (χ1) is 12.8. The van der Waals surface area contributed by atoms with Crippen molar-refractivity contribution in [2.45, 2.75) is 43.9 Å². The van der Waals surface area contributed by atoms with Gasteiger partial charge in [0.25, 0.3) is 5.91 Å². The molecule has 1 aromatic carbocycles. The normalized spacial score (nSPS) is 16.5. The zero-order chi connectivity index (χ0) is 19.3. The third kappa shape index (κ3) is 3.08. The summed E-state index contributed by atoms with van der Waals surface area (Å²) in [6.45, 7) is 8.40. The molecule has 1 aliphatic heterocycles. The van der Waals surface area contributed by atoms with E-state index in [0.29, 0.717) is 10.8 Å². The fourth-order valence-corrected chi connectivity index (χ4v) is 4.75. The van der Waals surface area contributed by atoms with Crippen LogP contribution in [0.5, 0.6) is 0 Å². The lowest BCUT2D eigenvalue weighted by Crippen LogP contribution is -2.25. The number of aromatic amines is 2. The number of nitrogens with one attached hydrogen (secondary N) is 3. The van der Waals surface area contributed by atoms with Crippen LogP contribution in [0.2, 0.25) is 0 Å². The smallest absolute Gasteiger partial charge is 0.261 e. The summed E-state index contributed by atoms with van der Waals surface area (Å²) in [6, 6.07) is 6.04. The summed E-state index contributed by atoms with van der Waals surface area (Å²) >= 11 is 1.52. The number of pyridine rings is 1. The molecule has 1 amide bonds. The van der Waals surface area contributed by atoms with Crippen LogP contribution in [0.15, 0.2) is 40.3 Å². The van der Waals surface area contributed by atoms with Crippen molar-refractivity contribution in [2.75, 3.05) is 11.1 Å². The number of anilines is 1. The third-order valence-electron chi connectivity index (χ3n) is 5.03. The Morgan fingerprint density at radius 2 is 2.04 bits per heavy atom. The number of thioether (sulfide) groups is 1. The number of aromatic nitrogens is 2. The summed E-state index contributed by atoms with van der Waals surface area (Å²) in [5.74, 6) is 0.789. The van der Waals surface area contributed by atoms with Crippen molar-refractivity contribution >= 4 is 34.3 Å². The lowest BCUT2D eigenvalue weighted by Gasteiger charge is -2.23. The van der Waals surface area contributed by atoms with Crippen LogP contribution in [0.1, 0.15) is 55.2 Å². The van der Waals surface area contributed by atoms with Gasteiger partial charge in [-0.25, -0.2) is 0 Å². The number of fused-ring (bicyclic) bond motifs is 2. The predicted molar refractivity (Wildman–Crippen MR) is 111 cm³/mol. The number of H-pyrrole nitrogens is 2. The molecule has 1 unspecified atom stereocenters. The molecule has 1 aliphatic rings. The van der Waals surface area contributed by atoms with Crippen molar-refractivity contribution in [1.82, 2.24) is 9.97 Å². The van der Waals surface area contributed by atoms with Crippen LogP contribution in [-0.4, -0.2) is 21.6 Å². The Kier molecular flexibility index (Phi) is 4.18. The second-order valence-corrected chi connectivity index (χ2v) is 9.18. The summed E-state index contributed by atoms with van der Waals surface area (Å²) in [5, 5.41) is 4.07. The molecule has 0 radical (unpaired) electrons. The standard InChI is InChI=1S/C21H23N3O2S/c1-11-10-27-19-17(11)23-9-13(18(19)25)20(26)24-16-8-15-12(5-6-22-15)7-14(16)21(2,3)4/h5-9,11,22H,10H2,1-4H3,(H,23,25)(H,24,26). The van der Waals surface area contributed by atoms with E-state index in [0.717, 1.165) is 33.6 Å². The Balaban J connectivity index is 1.75. The number of rotatable bonds is 2. The highest BCUT2D eigenvalue weighted by molar-refractivity contribution is 7.99. The van der Waals surface area contributed by atoms with E-state index in [1.165, 1.54) is 11.8 Å². The van der Waals surface area contributed by atoms with Crippen LogP contribution in [0.3, 0.4) is 0 Å². The molecular weight excluding hydrogens is 358 g/mol. The topological polar surface area (TPSA) is 77.8 Å². The minimum Gasteiger partial charge on any atom is -0.363 e. The molecule has 3 heterocycles. The summed E-state index contributed by atoms with van der Waals surface area (Å²) < 4.78 is 0. The first-order valence-corrected chi connectivity index (χ1v) is 10.1. The van der Waals surface area contributed by atoms with Crippen molar-refractivity contribution < 1.29 is 4.79 Å². The number of carbonyl (C=O) groups excluding carboxylic acids is 1. The third-order valence-corrected chi connectivity index (χ3v) is 6.39. The van der Waals surface area contributed by atoms with Crippen LogP contribution in [0.4, 0.5) is 5.69 Å². The Bertz CT molecular complexity index is 1100. The number of hydrogen-bond donors (Lipinski definition) is 3. The molecule has 0 bridgehead atoms. The van der Waals surface area contributed by atoms with Gasteiger partial charge in [-0.15, -0.1) is 11.8 Å². The molecule has 5 nitrogen and oxygen atoms in total. The second-order valence-electron chi connectivity index (χ2n) is 8.15. The van der Waals surface area contributed by atoms with Gasteiger partial charge in [0.1, 0.15) is 5.56 Å². The van der Waals surface area contributed by atoms with Crippen LogP contribution < -0.4 is 10.7 Å². The lowest BCUT2D eigenvalue weighted by molar-refractivity contribution is 0.102. The molecule has 3 aromatic rings. The summed E-state index contributed by atoms with van der Waals surface area (Å²) in [7, 11) is 0. The van der Waals surface area contributed by atoms with E-state index in [1.54, 1.807) is 6.20 Å². The van der Waals surface area contributed by atoms with Crippen LogP contribution in [0, 0.1) is 0 Å². The summed E-state index contributed by atoms with van der Waals surface area (Å²) in [5.41, 5.74) is 3.46. The second kappa shape index (κ2) is 6.30. The van der Waals surface area contributed by atoms with Gasteiger partial charge in [-0.1, -0.05) is 27.7 Å². The Labute approximate surface area is 162 Å². The highest BCUT2D eigenvalue weighted by atomic mass is 32.2. The van der Waals surface area contributed by atoms with Gasteiger partial charge < -0.3 is 15.3 Å². The van der Waals surface area contributed by atoms with Crippen LogP contribution in [0.25, 0.3) is 10.9 Å². The van der Waals surface area contributed by atoms with E-state index in [2.05, 4.69) is 49.0 Å². The van der Waals surface area contributed by atoms with Crippen molar-refractivity contribution in [3.05, 3.63) is 57.6 Å². The van der Waals surface area contributed by atoms with E-state index in [4.69, 9.17) is 0 Å². The molecule has 4 rings (SSSR count). The molecule has 3 N–H and O–H groups in total. The van der Waals surface area contributed by atoms with Gasteiger partial charge >= 0.3 is 0 Å². The average Bonchev–Trinajstić information content (AvgIpc) is 3.20. The maximum Gasteiger partial charge on any atom is 0.261 e. The van der Waals surface area contributed by atoms with Crippen molar-refractivity contribution in [1.29, 1.82) is 0 Å². The Morgan fingerprint density at radius 3 is 2.78 bits per heavy atom. The van der Waals surface area contributed by atoms with Gasteiger partial charge in [0.2, 0.25) is 5.43 Å². The van der Waals surface area contributed by atoms with E-state index >= 15 is 0 Å². The summed E-state index contributed by atoms with van der Waals surface area (Å²) in [4.78, 5) is 32.7. The molecule has 0 fully saturated rings. The minimum absolute atomic E-state index is 0.149. The fraction of sp³-hybridized carbons (Fsp3) is 0.333. The minimum atomic E-state index is -0.379. The number of benzene rings is 1. The van der Waals surface area contributed by atoms with Crippen LogP contribution in [-0.2, 0) is 5.41 Å². The first-order valence-electron chi connectivity index (χ1n) is 9.07. The Hall–Kier alpha value is -2.47.